The number of benzene rings is 2. The Labute approximate surface area is 127 Å². The minimum Gasteiger partial charge on any atom is -0.0710 e. The van der Waals surface area contributed by atoms with Crippen LogP contribution in [0.2, 0.25) is 26.2 Å². The first-order valence-corrected chi connectivity index (χ1v) is 12.7. The SMILES string of the molecule is C[Si](C)Cc1ccc(-c2ccc(C[Si](C)C)cc2)cc1. The van der Waals surface area contributed by atoms with Crippen molar-refractivity contribution in [2.75, 3.05) is 0 Å². The summed E-state index contributed by atoms with van der Waals surface area (Å²) >= 11 is 0. The van der Waals surface area contributed by atoms with Crippen molar-refractivity contribution in [3.05, 3.63) is 59.7 Å². The summed E-state index contributed by atoms with van der Waals surface area (Å²) in [6, 6.07) is 20.8. The van der Waals surface area contributed by atoms with Gasteiger partial charge in [0.2, 0.25) is 0 Å². The molecule has 0 saturated heterocycles. The molecule has 0 bridgehead atoms. The lowest BCUT2D eigenvalue weighted by Crippen LogP contribution is -2.05. The first kappa shape index (κ1) is 15.3. The van der Waals surface area contributed by atoms with Crippen LogP contribution in [0.5, 0.6) is 0 Å². The third-order valence-electron chi connectivity index (χ3n) is 3.36. The number of hydrogen-bond acceptors (Lipinski definition) is 0. The number of rotatable bonds is 5. The van der Waals surface area contributed by atoms with Crippen molar-refractivity contribution in [2.24, 2.45) is 0 Å². The topological polar surface area (TPSA) is 0 Å². The van der Waals surface area contributed by atoms with Gasteiger partial charge in [0.05, 0.1) is 0 Å². The summed E-state index contributed by atoms with van der Waals surface area (Å²) in [7, 11) is -0.356. The van der Waals surface area contributed by atoms with E-state index in [1.54, 1.807) is 0 Å². The summed E-state index contributed by atoms with van der Waals surface area (Å²) in [6.45, 7) is 9.48. The molecule has 104 valence electrons. The normalized spacial score (nSPS) is 11.3. The van der Waals surface area contributed by atoms with Gasteiger partial charge in [0.1, 0.15) is 0 Å². The first-order valence-electron chi connectivity index (χ1n) is 7.31. The molecule has 0 aliphatic heterocycles. The molecule has 2 aromatic carbocycles. The maximum Gasteiger partial charge on any atom is 0.0460 e. The predicted octanol–water partition coefficient (Wildman–Crippen LogP) is 5.03. The quantitative estimate of drug-likeness (QED) is 0.679. The Kier molecular flexibility index (Phi) is 5.38. The summed E-state index contributed by atoms with van der Waals surface area (Å²) in [6.07, 6.45) is 0. The van der Waals surface area contributed by atoms with Crippen LogP contribution in [-0.2, 0) is 12.1 Å². The Hall–Kier alpha value is -1.13. The molecule has 0 aromatic heterocycles. The Morgan fingerprint density at radius 3 is 1.10 bits per heavy atom. The first-order chi connectivity index (χ1) is 9.54. The molecule has 0 aliphatic rings. The van der Waals surface area contributed by atoms with Crippen LogP contribution in [0.1, 0.15) is 11.1 Å². The van der Waals surface area contributed by atoms with E-state index in [4.69, 9.17) is 0 Å². The van der Waals surface area contributed by atoms with Crippen LogP contribution in [0, 0.1) is 0 Å². The fourth-order valence-corrected chi connectivity index (χ4v) is 4.55. The van der Waals surface area contributed by atoms with Crippen molar-refractivity contribution in [2.45, 2.75) is 38.3 Å². The predicted molar refractivity (Wildman–Crippen MR) is 94.3 cm³/mol. The van der Waals surface area contributed by atoms with Crippen LogP contribution in [0.15, 0.2) is 48.5 Å². The molecule has 0 N–H and O–H groups in total. The average Bonchev–Trinajstić information content (AvgIpc) is 2.39. The molecule has 0 unspecified atom stereocenters. The third kappa shape index (κ3) is 4.46. The molecule has 0 saturated carbocycles. The molecule has 0 fully saturated rings. The monoisotopic (exact) mass is 296 g/mol. The average molecular weight is 297 g/mol. The van der Waals surface area contributed by atoms with Gasteiger partial charge in [0.25, 0.3) is 0 Å². The maximum absolute atomic E-state index is 2.37. The molecular formula is C18H24Si2. The minimum absolute atomic E-state index is 0.178. The Bertz CT molecular complexity index is 473. The molecule has 0 aliphatic carbocycles. The van der Waals surface area contributed by atoms with E-state index in [0.717, 1.165) is 0 Å². The standard InChI is InChI=1S/C18H24Si2/c1-19(2)13-15-5-9-17(10-6-15)18-11-7-16(8-12-18)14-20(3)4/h5-12H,13-14H2,1-4H3. The summed E-state index contributed by atoms with van der Waals surface area (Å²) < 4.78 is 0. The molecule has 0 nitrogen and oxygen atoms in total. The molecule has 20 heavy (non-hydrogen) atoms. The second kappa shape index (κ2) is 7.05. The largest absolute Gasteiger partial charge is 0.0710 e. The summed E-state index contributed by atoms with van der Waals surface area (Å²) in [5.41, 5.74) is 5.63. The number of hydrogen-bond donors (Lipinski definition) is 0. The highest BCUT2D eigenvalue weighted by Crippen LogP contribution is 2.21. The lowest BCUT2D eigenvalue weighted by atomic mass is 10.0. The third-order valence-corrected chi connectivity index (χ3v) is 5.59. The Morgan fingerprint density at radius 1 is 0.550 bits per heavy atom. The highest BCUT2D eigenvalue weighted by atomic mass is 28.3. The van der Waals surface area contributed by atoms with E-state index in [2.05, 4.69) is 74.7 Å². The molecule has 2 rings (SSSR count). The Morgan fingerprint density at radius 2 is 0.850 bits per heavy atom. The van der Waals surface area contributed by atoms with E-state index in [1.165, 1.54) is 34.3 Å². The van der Waals surface area contributed by atoms with Gasteiger partial charge < -0.3 is 0 Å². The molecule has 0 heterocycles. The van der Waals surface area contributed by atoms with Gasteiger partial charge in [-0.05, 0) is 23.2 Å². The van der Waals surface area contributed by atoms with Gasteiger partial charge in [-0.2, -0.15) is 0 Å². The van der Waals surface area contributed by atoms with Crippen LogP contribution in [0.4, 0.5) is 0 Å². The highest BCUT2D eigenvalue weighted by molar-refractivity contribution is 6.55. The zero-order chi connectivity index (χ0) is 14.5. The van der Waals surface area contributed by atoms with Crippen molar-refractivity contribution < 1.29 is 0 Å². The van der Waals surface area contributed by atoms with E-state index in [-0.39, 0.29) is 17.6 Å². The van der Waals surface area contributed by atoms with Gasteiger partial charge in [0.15, 0.2) is 0 Å². The van der Waals surface area contributed by atoms with Crippen molar-refractivity contribution in [1.29, 1.82) is 0 Å². The fraction of sp³-hybridized carbons (Fsp3) is 0.333. The van der Waals surface area contributed by atoms with Crippen molar-refractivity contribution in [3.8, 4) is 11.1 Å². The van der Waals surface area contributed by atoms with Crippen LogP contribution >= 0.6 is 0 Å². The summed E-state index contributed by atoms with van der Waals surface area (Å²) in [4.78, 5) is 0. The highest BCUT2D eigenvalue weighted by Gasteiger charge is 2.03. The van der Waals surface area contributed by atoms with Crippen LogP contribution < -0.4 is 0 Å². The van der Waals surface area contributed by atoms with Gasteiger partial charge in [-0.25, -0.2) is 0 Å². The van der Waals surface area contributed by atoms with Crippen molar-refractivity contribution in [3.63, 3.8) is 0 Å². The Balaban J connectivity index is 2.11. The zero-order valence-electron chi connectivity index (χ0n) is 13.0. The maximum atomic E-state index is 2.37. The van der Waals surface area contributed by atoms with Gasteiger partial charge in [-0.1, -0.05) is 85.8 Å². The fourth-order valence-electron chi connectivity index (χ4n) is 2.45. The van der Waals surface area contributed by atoms with Gasteiger partial charge >= 0.3 is 0 Å². The second-order valence-corrected chi connectivity index (χ2v) is 11.7. The smallest absolute Gasteiger partial charge is 0.0460 e. The van der Waals surface area contributed by atoms with E-state index >= 15 is 0 Å². The van der Waals surface area contributed by atoms with Gasteiger partial charge in [-0.15, -0.1) is 0 Å². The van der Waals surface area contributed by atoms with E-state index in [9.17, 15) is 0 Å². The van der Waals surface area contributed by atoms with E-state index in [1.807, 2.05) is 0 Å². The molecule has 2 aromatic rings. The second-order valence-electron chi connectivity index (χ2n) is 6.16. The zero-order valence-corrected chi connectivity index (χ0v) is 15.0. The van der Waals surface area contributed by atoms with Crippen LogP contribution in [0.25, 0.3) is 11.1 Å². The molecule has 0 amide bonds. The molecule has 0 atom stereocenters. The van der Waals surface area contributed by atoms with Crippen molar-refractivity contribution >= 4 is 17.6 Å². The lowest BCUT2D eigenvalue weighted by molar-refractivity contribution is 1.34. The minimum atomic E-state index is -0.178. The van der Waals surface area contributed by atoms with Crippen LogP contribution in [-0.4, -0.2) is 17.6 Å². The summed E-state index contributed by atoms with van der Waals surface area (Å²) in [5.74, 6) is 0. The molecular weight excluding hydrogens is 272 g/mol. The van der Waals surface area contributed by atoms with Crippen molar-refractivity contribution in [1.82, 2.24) is 0 Å². The van der Waals surface area contributed by atoms with Gasteiger partial charge in [0, 0.05) is 17.6 Å². The molecule has 2 heteroatoms. The van der Waals surface area contributed by atoms with Gasteiger partial charge in [-0.3, -0.25) is 0 Å². The lowest BCUT2D eigenvalue weighted by Gasteiger charge is -2.08. The molecule has 0 spiro atoms. The van der Waals surface area contributed by atoms with Crippen LogP contribution in [0.3, 0.4) is 0 Å². The van der Waals surface area contributed by atoms with E-state index in [0.29, 0.717) is 0 Å². The molecule has 2 radical (unpaired) electrons. The summed E-state index contributed by atoms with van der Waals surface area (Å²) in [5, 5.41) is 0. The van der Waals surface area contributed by atoms with E-state index < -0.39 is 0 Å².